The third kappa shape index (κ3) is 5.50. The molecule has 0 N–H and O–H groups in total. The van der Waals surface area contributed by atoms with E-state index in [1.165, 1.54) is 23.5 Å². The van der Waals surface area contributed by atoms with Crippen LogP contribution in [0.25, 0.3) is 72.3 Å². The van der Waals surface area contributed by atoms with Gasteiger partial charge in [-0.15, -0.1) is 22.7 Å². The molecule has 45 heavy (non-hydrogen) atoms. The summed E-state index contributed by atoms with van der Waals surface area (Å²) in [5, 5.41) is 10.0. The van der Waals surface area contributed by atoms with Crippen LogP contribution < -0.4 is 0 Å². The molecule has 0 aliphatic carbocycles. The number of allylic oxidation sites excluding steroid dienone is 4. The zero-order valence-corrected chi connectivity index (χ0v) is 28.0. The first-order valence-electron chi connectivity index (χ1n) is 13.7. The second-order valence-corrected chi connectivity index (χ2v) is 13.7. The van der Waals surface area contributed by atoms with E-state index in [1.807, 2.05) is 37.3 Å². The van der Waals surface area contributed by atoms with Crippen LogP contribution in [0.2, 0.25) is 0 Å². The van der Waals surface area contributed by atoms with Gasteiger partial charge in [-0.25, -0.2) is 0 Å². The average Bonchev–Trinajstić information content (AvgIpc) is 3.90. The van der Waals surface area contributed by atoms with E-state index in [0.29, 0.717) is 17.0 Å². The van der Waals surface area contributed by atoms with Gasteiger partial charge in [0.05, 0.1) is 46.8 Å². The maximum Gasteiger partial charge on any atom is 0.114 e. The van der Waals surface area contributed by atoms with Crippen LogP contribution in [0.4, 0.5) is 0 Å². The minimum Gasteiger partial charge on any atom is -0.192 e. The lowest BCUT2D eigenvalue weighted by Gasteiger charge is -2.04. The van der Waals surface area contributed by atoms with Gasteiger partial charge in [0.15, 0.2) is 0 Å². The van der Waals surface area contributed by atoms with Crippen LogP contribution in [-0.2, 0) is 0 Å². The SMILES string of the molecule is C=Cc1nsnc1C(=CC)C(C#N)=Cc1ccc(-c2ccc(-c3ccc(C=C(C)c4cccc5nsnc45)s3)c3nsnc23)s1. The van der Waals surface area contributed by atoms with Crippen LogP contribution in [0.1, 0.15) is 40.6 Å². The Morgan fingerprint density at radius 1 is 0.756 bits per heavy atom. The topological polar surface area (TPSA) is 101 Å². The van der Waals surface area contributed by atoms with Gasteiger partial charge >= 0.3 is 0 Å². The van der Waals surface area contributed by atoms with Crippen molar-refractivity contribution in [2.24, 2.45) is 0 Å². The maximum atomic E-state index is 10.0. The highest BCUT2D eigenvalue weighted by Gasteiger charge is 2.18. The standard InChI is InChI=1S/C33H21N7S5/c1-4-22(30-26(5-2)35-43-37-30)19(17-34)16-21-10-14-29(42-21)25-12-11-24(32-33(25)40-45-39-32)28-13-9-20(41-28)15-18(3)23-7-6-8-27-31(23)38-44-36-27/h4-16H,2H2,1,3H3. The van der Waals surface area contributed by atoms with Crippen molar-refractivity contribution in [2.45, 2.75) is 13.8 Å². The van der Waals surface area contributed by atoms with Gasteiger partial charge in [-0.05, 0) is 68.0 Å². The maximum absolute atomic E-state index is 10.0. The van der Waals surface area contributed by atoms with Gasteiger partial charge in [0.1, 0.15) is 33.5 Å². The highest BCUT2D eigenvalue weighted by molar-refractivity contribution is 7.17. The van der Waals surface area contributed by atoms with Crippen LogP contribution in [0.3, 0.4) is 0 Å². The van der Waals surface area contributed by atoms with Gasteiger partial charge in [-0.1, -0.05) is 36.9 Å². The van der Waals surface area contributed by atoms with E-state index in [2.05, 4.69) is 79.5 Å². The van der Waals surface area contributed by atoms with Crippen LogP contribution in [-0.4, -0.2) is 26.2 Å². The number of hydrogen-bond acceptors (Lipinski definition) is 12. The predicted octanol–water partition coefficient (Wildman–Crippen LogP) is 10.2. The van der Waals surface area contributed by atoms with Crippen molar-refractivity contribution in [3.63, 3.8) is 0 Å². The normalized spacial score (nSPS) is 12.7. The van der Waals surface area contributed by atoms with Crippen molar-refractivity contribution in [3.8, 4) is 27.0 Å². The lowest BCUT2D eigenvalue weighted by molar-refractivity contribution is 1.39. The molecule has 7 rings (SSSR count). The summed E-state index contributed by atoms with van der Waals surface area (Å²) < 4.78 is 27.0. The molecule has 0 aliphatic rings. The zero-order valence-electron chi connectivity index (χ0n) is 23.9. The van der Waals surface area contributed by atoms with E-state index in [0.717, 1.165) is 81.1 Å². The number of hydrogen-bond donors (Lipinski definition) is 0. The summed E-state index contributed by atoms with van der Waals surface area (Å²) in [5.41, 5.74) is 10.6. The number of fused-ring (bicyclic) bond motifs is 2. The molecule has 0 radical (unpaired) electrons. The predicted molar refractivity (Wildman–Crippen MR) is 192 cm³/mol. The first-order chi connectivity index (χ1) is 22.1. The summed E-state index contributed by atoms with van der Waals surface area (Å²) in [4.78, 5) is 4.30. The molecule has 2 aromatic carbocycles. The quantitative estimate of drug-likeness (QED) is 0.117. The summed E-state index contributed by atoms with van der Waals surface area (Å²) in [5.74, 6) is 0. The molecular formula is C33H21N7S5. The van der Waals surface area contributed by atoms with E-state index in [-0.39, 0.29) is 0 Å². The van der Waals surface area contributed by atoms with Crippen molar-refractivity contribution in [1.82, 2.24) is 26.2 Å². The molecule has 0 amide bonds. The molecular weight excluding hydrogens is 655 g/mol. The number of benzene rings is 2. The third-order valence-electron chi connectivity index (χ3n) is 7.22. The lowest BCUT2D eigenvalue weighted by atomic mass is 10.0. The Bertz CT molecular complexity index is 2350. The molecule has 5 aromatic heterocycles. The molecule has 0 spiro atoms. The van der Waals surface area contributed by atoms with Gasteiger partial charge < -0.3 is 0 Å². The Hall–Kier alpha value is -4.51. The molecule has 0 saturated heterocycles. The Kier molecular flexibility index (Phi) is 8.10. The molecule has 7 aromatic rings. The molecule has 0 unspecified atom stereocenters. The largest absolute Gasteiger partial charge is 0.192 e. The number of nitrogens with zero attached hydrogens (tertiary/aromatic N) is 7. The fourth-order valence-corrected chi connectivity index (χ4v) is 8.78. The van der Waals surface area contributed by atoms with Gasteiger partial charge in [0.25, 0.3) is 0 Å². The molecule has 5 heterocycles. The monoisotopic (exact) mass is 675 g/mol. The van der Waals surface area contributed by atoms with E-state index in [9.17, 15) is 5.26 Å². The van der Waals surface area contributed by atoms with Crippen molar-refractivity contribution < 1.29 is 0 Å². The number of aromatic nitrogens is 6. The summed E-state index contributed by atoms with van der Waals surface area (Å²) in [6, 6.07) is 21.1. The van der Waals surface area contributed by atoms with Crippen molar-refractivity contribution in [2.75, 3.05) is 0 Å². The fourth-order valence-electron chi connectivity index (χ4n) is 5.08. The molecule has 0 fully saturated rings. The molecule has 0 saturated carbocycles. The summed E-state index contributed by atoms with van der Waals surface area (Å²) in [6.07, 6.45) is 7.65. The number of thiophene rings is 2. The van der Waals surface area contributed by atoms with Crippen molar-refractivity contribution in [1.29, 1.82) is 5.26 Å². The van der Waals surface area contributed by atoms with Gasteiger partial charge in [0.2, 0.25) is 0 Å². The van der Waals surface area contributed by atoms with E-state index >= 15 is 0 Å². The van der Waals surface area contributed by atoms with Crippen LogP contribution in [0.5, 0.6) is 0 Å². The molecule has 218 valence electrons. The van der Waals surface area contributed by atoms with Crippen LogP contribution in [0, 0.1) is 11.3 Å². The number of rotatable bonds is 8. The molecule has 0 atom stereocenters. The minimum atomic E-state index is 0.523. The third-order valence-corrected chi connectivity index (χ3v) is 11.0. The van der Waals surface area contributed by atoms with Crippen molar-refractivity contribution >= 4 is 109 Å². The summed E-state index contributed by atoms with van der Waals surface area (Å²) in [6.45, 7) is 7.84. The van der Waals surface area contributed by atoms with E-state index in [4.69, 9.17) is 8.75 Å². The smallest absolute Gasteiger partial charge is 0.114 e. The highest BCUT2D eigenvalue weighted by atomic mass is 32.1. The Balaban J connectivity index is 1.19. The summed E-state index contributed by atoms with van der Waals surface area (Å²) in [7, 11) is 0. The van der Waals surface area contributed by atoms with Crippen LogP contribution >= 0.6 is 57.9 Å². The Morgan fingerprint density at radius 3 is 2.07 bits per heavy atom. The lowest BCUT2D eigenvalue weighted by Crippen LogP contribution is -1.91. The number of nitriles is 1. The first-order valence-corrected chi connectivity index (χ1v) is 17.5. The van der Waals surface area contributed by atoms with Gasteiger partial charge in [-0.2, -0.15) is 31.5 Å². The fraction of sp³-hybridized carbons (Fsp3) is 0.0606. The van der Waals surface area contributed by atoms with Crippen LogP contribution in [0.15, 0.2) is 72.8 Å². The second kappa shape index (κ2) is 12.5. The second-order valence-electron chi connectivity index (χ2n) is 9.87. The molecule has 7 nitrogen and oxygen atoms in total. The zero-order chi connectivity index (χ0) is 30.9. The minimum absolute atomic E-state index is 0.523. The first kappa shape index (κ1) is 29.2. The summed E-state index contributed by atoms with van der Waals surface area (Å²) >= 11 is 6.91. The van der Waals surface area contributed by atoms with Gasteiger partial charge in [0, 0.05) is 41.8 Å². The van der Waals surface area contributed by atoms with E-state index < -0.39 is 0 Å². The Labute approximate surface area is 279 Å². The molecule has 0 aliphatic heterocycles. The van der Waals surface area contributed by atoms with E-state index in [1.54, 1.807) is 28.7 Å². The Morgan fingerprint density at radius 2 is 1.40 bits per heavy atom. The van der Waals surface area contributed by atoms with Crippen molar-refractivity contribution in [3.05, 3.63) is 99.5 Å². The average molecular weight is 676 g/mol. The molecule has 12 heteroatoms. The highest BCUT2D eigenvalue weighted by Crippen LogP contribution is 2.40. The molecule has 0 bridgehead atoms. The van der Waals surface area contributed by atoms with Gasteiger partial charge in [-0.3, -0.25) is 0 Å².